The SMILES string of the molecule is Cc1ccc(C)c(-n2nc(C)cc2NC(=O)CN2CCN(C(C)C(=O)NC3CC3)CC2)c1. The van der Waals surface area contributed by atoms with E-state index in [1.165, 1.54) is 0 Å². The fraction of sp³-hybridized carbons (Fsp3) is 0.542. The quantitative estimate of drug-likeness (QED) is 0.691. The first-order valence-electron chi connectivity index (χ1n) is 11.5. The first-order valence-corrected chi connectivity index (χ1v) is 11.5. The van der Waals surface area contributed by atoms with Gasteiger partial charge in [-0.1, -0.05) is 12.1 Å². The predicted molar refractivity (Wildman–Crippen MR) is 125 cm³/mol. The highest BCUT2D eigenvalue weighted by Gasteiger charge is 2.30. The second-order valence-electron chi connectivity index (χ2n) is 9.19. The lowest BCUT2D eigenvalue weighted by atomic mass is 10.1. The number of rotatable bonds is 7. The van der Waals surface area contributed by atoms with Crippen LogP contribution in [0, 0.1) is 20.8 Å². The molecule has 8 nitrogen and oxygen atoms in total. The Morgan fingerprint density at radius 1 is 1.09 bits per heavy atom. The van der Waals surface area contributed by atoms with Gasteiger partial charge >= 0.3 is 0 Å². The summed E-state index contributed by atoms with van der Waals surface area (Å²) in [5, 5.41) is 10.7. The van der Waals surface area contributed by atoms with E-state index in [0.29, 0.717) is 18.4 Å². The van der Waals surface area contributed by atoms with Gasteiger partial charge < -0.3 is 10.6 Å². The summed E-state index contributed by atoms with van der Waals surface area (Å²) in [6, 6.07) is 8.38. The number of benzene rings is 1. The van der Waals surface area contributed by atoms with Gasteiger partial charge in [-0.25, -0.2) is 4.68 Å². The minimum absolute atomic E-state index is 0.0515. The maximum absolute atomic E-state index is 12.8. The summed E-state index contributed by atoms with van der Waals surface area (Å²) in [5.74, 6) is 0.753. The summed E-state index contributed by atoms with van der Waals surface area (Å²) in [6.07, 6.45) is 2.20. The van der Waals surface area contributed by atoms with Crippen LogP contribution in [0.2, 0.25) is 0 Å². The smallest absolute Gasteiger partial charge is 0.239 e. The van der Waals surface area contributed by atoms with Crippen molar-refractivity contribution >= 4 is 17.6 Å². The first-order chi connectivity index (χ1) is 15.3. The summed E-state index contributed by atoms with van der Waals surface area (Å²) in [5.41, 5.74) is 4.08. The molecule has 1 saturated carbocycles. The van der Waals surface area contributed by atoms with E-state index >= 15 is 0 Å². The number of nitrogens with zero attached hydrogens (tertiary/aromatic N) is 4. The van der Waals surface area contributed by atoms with E-state index in [0.717, 1.165) is 61.5 Å². The largest absolute Gasteiger partial charge is 0.352 e. The monoisotopic (exact) mass is 438 g/mol. The third kappa shape index (κ3) is 5.37. The molecule has 0 bridgehead atoms. The standard InChI is InChI=1S/C24H34N6O2/c1-16-5-6-17(2)21(13-16)30-22(14-18(3)27-30)26-23(31)15-28-9-11-29(12-10-28)19(4)24(32)25-20-7-8-20/h5-6,13-14,19-20H,7-12,15H2,1-4H3,(H,25,32)(H,26,31). The van der Waals surface area contributed by atoms with E-state index in [9.17, 15) is 9.59 Å². The van der Waals surface area contributed by atoms with E-state index in [-0.39, 0.29) is 17.9 Å². The van der Waals surface area contributed by atoms with Crippen molar-refractivity contribution in [3.8, 4) is 5.69 Å². The third-order valence-corrected chi connectivity index (χ3v) is 6.32. The van der Waals surface area contributed by atoms with Crippen LogP contribution in [0.4, 0.5) is 5.82 Å². The van der Waals surface area contributed by atoms with E-state index < -0.39 is 0 Å². The lowest BCUT2D eigenvalue weighted by molar-refractivity contribution is -0.127. The molecule has 1 aromatic heterocycles. The summed E-state index contributed by atoms with van der Waals surface area (Å²) in [7, 11) is 0. The Morgan fingerprint density at radius 3 is 2.50 bits per heavy atom. The number of aryl methyl sites for hydroxylation is 3. The van der Waals surface area contributed by atoms with Gasteiger partial charge in [0.25, 0.3) is 0 Å². The Bertz CT molecular complexity index is 988. The molecule has 4 rings (SSSR count). The molecular formula is C24H34N6O2. The van der Waals surface area contributed by atoms with Crippen LogP contribution in [-0.4, -0.2) is 76.2 Å². The van der Waals surface area contributed by atoms with Crippen molar-refractivity contribution in [2.24, 2.45) is 0 Å². The molecule has 1 saturated heterocycles. The van der Waals surface area contributed by atoms with E-state index in [2.05, 4.69) is 43.7 Å². The number of piperazine rings is 1. The molecule has 0 spiro atoms. The van der Waals surface area contributed by atoms with E-state index in [4.69, 9.17) is 0 Å². The number of nitrogens with one attached hydrogen (secondary N) is 2. The van der Waals surface area contributed by atoms with Gasteiger partial charge in [-0.15, -0.1) is 0 Å². The molecule has 32 heavy (non-hydrogen) atoms. The summed E-state index contributed by atoms with van der Waals surface area (Å²) < 4.78 is 1.81. The van der Waals surface area contributed by atoms with Crippen LogP contribution in [0.5, 0.6) is 0 Å². The molecule has 0 radical (unpaired) electrons. The maximum Gasteiger partial charge on any atom is 0.239 e. The maximum atomic E-state index is 12.8. The lowest BCUT2D eigenvalue weighted by Gasteiger charge is -2.37. The minimum atomic E-state index is -0.124. The molecular weight excluding hydrogens is 404 g/mol. The number of hydrogen-bond donors (Lipinski definition) is 2. The van der Waals surface area contributed by atoms with Gasteiger partial charge in [-0.05, 0) is 57.7 Å². The zero-order valence-corrected chi connectivity index (χ0v) is 19.5. The van der Waals surface area contributed by atoms with Crippen LogP contribution < -0.4 is 10.6 Å². The summed E-state index contributed by atoms with van der Waals surface area (Å²) >= 11 is 0. The molecule has 2 aromatic rings. The third-order valence-electron chi connectivity index (χ3n) is 6.32. The molecule has 2 amide bonds. The van der Waals surface area contributed by atoms with Crippen LogP contribution in [0.15, 0.2) is 24.3 Å². The van der Waals surface area contributed by atoms with Gasteiger partial charge in [0.05, 0.1) is 24.0 Å². The Balaban J connectivity index is 1.32. The highest BCUT2D eigenvalue weighted by molar-refractivity contribution is 5.91. The molecule has 2 heterocycles. The van der Waals surface area contributed by atoms with Crippen molar-refractivity contribution < 1.29 is 9.59 Å². The second kappa shape index (κ2) is 9.42. The molecule has 8 heteroatoms. The minimum Gasteiger partial charge on any atom is -0.352 e. The van der Waals surface area contributed by atoms with Gasteiger partial charge in [0.15, 0.2) is 0 Å². The molecule has 2 N–H and O–H groups in total. The molecule has 2 aliphatic rings. The number of anilines is 1. The number of amides is 2. The Labute approximate surface area is 190 Å². The van der Waals surface area contributed by atoms with Crippen molar-refractivity contribution in [3.05, 3.63) is 41.1 Å². The normalized spacial score (nSPS) is 18.4. The average Bonchev–Trinajstić information content (AvgIpc) is 3.50. The van der Waals surface area contributed by atoms with E-state index in [1.807, 2.05) is 38.4 Å². The topological polar surface area (TPSA) is 82.5 Å². The second-order valence-corrected chi connectivity index (χ2v) is 9.19. The molecule has 1 atom stereocenters. The van der Waals surface area contributed by atoms with Crippen LogP contribution in [0.25, 0.3) is 5.69 Å². The number of hydrogen-bond acceptors (Lipinski definition) is 5. The molecule has 172 valence electrons. The molecule has 2 fully saturated rings. The number of carbonyl (C=O) groups is 2. The van der Waals surface area contributed by atoms with E-state index in [1.54, 1.807) is 0 Å². The Hall–Kier alpha value is -2.71. The van der Waals surface area contributed by atoms with Crippen LogP contribution >= 0.6 is 0 Å². The molecule has 1 aliphatic heterocycles. The molecule has 1 aromatic carbocycles. The first kappa shape index (κ1) is 22.5. The molecule has 1 unspecified atom stereocenters. The van der Waals surface area contributed by atoms with Crippen molar-refractivity contribution in [1.82, 2.24) is 24.9 Å². The highest BCUT2D eigenvalue weighted by Crippen LogP contribution is 2.22. The Kier molecular flexibility index (Phi) is 6.62. The summed E-state index contributed by atoms with van der Waals surface area (Å²) in [4.78, 5) is 29.5. The van der Waals surface area contributed by atoms with Gasteiger partial charge in [0.2, 0.25) is 11.8 Å². The van der Waals surface area contributed by atoms with Crippen LogP contribution in [0.1, 0.15) is 36.6 Å². The zero-order valence-electron chi connectivity index (χ0n) is 19.5. The highest BCUT2D eigenvalue weighted by atomic mass is 16.2. The van der Waals surface area contributed by atoms with Gasteiger partial charge in [0.1, 0.15) is 5.82 Å². The van der Waals surface area contributed by atoms with Crippen LogP contribution in [-0.2, 0) is 9.59 Å². The molecule has 1 aliphatic carbocycles. The summed E-state index contributed by atoms with van der Waals surface area (Å²) in [6.45, 7) is 11.4. The lowest BCUT2D eigenvalue weighted by Crippen LogP contribution is -2.55. The van der Waals surface area contributed by atoms with Gasteiger partial charge in [-0.2, -0.15) is 5.10 Å². The van der Waals surface area contributed by atoms with Crippen molar-refractivity contribution in [3.63, 3.8) is 0 Å². The number of aromatic nitrogens is 2. The van der Waals surface area contributed by atoms with Crippen molar-refractivity contribution in [2.45, 2.75) is 52.6 Å². The van der Waals surface area contributed by atoms with Gasteiger partial charge in [-0.3, -0.25) is 19.4 Å². The predicted octanol–water partition coefficient (Wildman–Crippen LogP) is 2.02. The average molecular weight is 439 g/mol. The van der Waals surface area contributed by atoms with Gasteiger partial charge in [0, 0.05) is 38.3 Å². The Morgan fingerprint density at radius 2 is 1.81 bits per heavy atom. The fourth-order valence-electron chi connectivity index (χ4n) is 4.13. The van der Waals surface area contributed by atoms with Crippen molar-refractivity contribution in [2.75, 3.05) is 38.0 Å². The fourth-order valence-corrected chi connectivity index (χ4v) is 4.13. The van der Waals surface area contributed by atoms with Crippen molar-refractivity contribution in [1.29, 1.82) is 0 Å². The zero-order chi connectivity index (χ0) is 22.8. The number of carbonyl (C=O) groups excluding carboxylic acids is 2. The van der Waals surface area contributed by atoms with Crippen LogP contribution in [0.3, 0.4) is 0 Å².